The largest absolute Gasteiger partial charge is 0.481 e. The van der Waals surface area contributed by atoms with Crippen LogP contribution in [-0.2, 0) is 14.3 Å². The van der Waals surface area contributed by atoms with E-state index in [1.807, 2.05) is 6.92 Å². The number of hydrogen-bond acceptors (Lipinski definition) is 4. The molecule has 0 aromatic carbocycles. The zero-order valence-corrected chi connectivity index (χ0v) is 7.24. The topological polar surface area (TPSA) is 66.8 Å². The molecule has 0 aromatic heterocycles. The van der Waals surface area contributed by atoms with Crippen LogP contribution in [0.15, 0.2) is 0 Å². The van der Waals surface area contributed by atoms with E-state index in [4.69, 9.17) is 5.11 Å². The van der Waals surface area contributed by atoms with Gasteiger partial charge in [-0.2, -0.15) is 0 Å². The molecule has 0 saturated heterocycles. The molecule has 0 atom stereocenters. The summed E-state index contributed by atoms with van der Waals surface area (Å²) >= 11 is 0. The number of carboxylic acids is 1. The maximum absolute atomic E-state index is 10.6. The molecule has 0 spiro atoms. The van der Waals surface area contributed by atoms with E-state index in [9.17, 15) is 9.59 Å². The van der Waals surface area contributed by atoms with Gasteiger partial charge in [-0.1, -0.05) is 6.92 Å². The molecule has 5 nitrogen and oxygen atoms in total. The second-order valence-electron chi connectivity index (χ2n) is 2.39. The normalized spacial score (nSPS) is 9.92. The Kier molecular flexibility index (Phi) is 5.03. The molecule has 0 bridgehead atoms. The molecule has 0 radical (unpaired) electrons. The summed E-state index contributed by atoms with van der Waals surface area (Å²) < 4.78 is 4.61. The Morgan fingerprint density at radius 2 is 2.08 bits per heavy atom. The lowest BCUT2D eigenvalue weighted by molar-refractivity contribution is -0.154. The molecule has 0 unspecified atom stereocenters. The van der Waals surface area contributed by atoms with Crippen molar-refractivity contribution in [1.29, 1.82) is 0 Å². The number of aliphatic carboxylic acids is 1. The third-order valence-corrected chi connectivity index (χ3v) is 1.28. The van der Waals surface area contributed by atoms with Crippen LogP contribution >= 0.6 is 0 Å². The van der Waals surface area contributed by atoms with E-state index in [1.54, 1.807) is 11.9 Å². The molecular weight excluding hydrogens is 162 g/mol. The summed E-state index contributed by atoms with van der Waals surface area (Å²) in [6.07, 6.45) is -0.572. The van der Waals surface area contributed by atoms with Gasteiger partial charge in [0, 0.05) is 0 Å². The minimum absolute atomic E-state index is 0.141. The molecule has 0 heterocycles. The molecule has 0 fully saturated rings. The van der Waals surface area contributed by atoms with Gasteiger partial charge in [0.15, 0.2) is 0 Å². The van der Waals surface area contributed by atoms with Crippen LogP contribution in [0.25, 0.3) is 0 Å². The number of rotatable bonds is 5. The number of carbonyl (C=O) groups is 2. The summed E-state index contributed by atoms with van der Waals surface area (Å²) in [6, 6.07) is 0. The lowest BCUT2D eigenvalue weighted by Gasteiger charge is -2.12. The van der Waals surface area contributed by atoms with Gasteiger partial charge in [-0.05, 0) is 13.6 Å². The van der Waals surface area contributed by atoms with Gasteiger partial charge in [-0.25, -0.2) is 0 Å². The molecule has 12 heavy (non-hydrogen) atoms. The van der Waals surface area contributed by atoms with Crippen LogP contribution in [0.5, 0.6) is 0 Å². The third-order valence-electron chi connectivity index (χ3n) is 1.28. The molecule has 0 amide bonds. The van der Waals surface area contributed by atoms with Crippen LogP contribution in [-0.4, -0.2) is 42.3 Å². The highest BCUT2D eigenvalue weighted by molar-refractivity contribution is 5.90. The van der Waals surface area contributed by atoms with Crippen molar-refractivity contribution in [3.63, 3.8) is 0 Å². The summed E-state index contributed by atoms with van der Waals surface area (Å²) in [6.45, 7) is 2.80. The van der Waals surface area contributed by atoms with Crippen molar-refractivity contribution >= 4 is 11.9 Å². The van der Waals surface area contributed by atoms with E-state index in [2.05, 4.69) is 4.74 Å². The first kappa shape index (κ1) is 10.9. The molecule has 0 rings (SSSR count). The lowest BCUT2D eigenvalue weighted by Crippen LogP contribution is -2.24. The standard InChI is InChI=1S/C7H13NO4/c1-3-8(2)5-12-7(11)4-6(9)10/h3-5H2,1-2H3,(H,9,10). The van der Waals surface area contributed by atoms with Crippen LogP contribution in [0.4, 0.5) is 0 Å². The highest BCUT2D eigenvalue weighted by Crippen LogP contribution is 1.88. The first-order chi connectivity index (χ1) is 5.56. The summed E-state index contributed by atoms with van der Waals surface area (Å²) in [5.74, 6) is -1.87. The summed E-state index contributed by atoms with van der Waals surface area (Å²) in [5.41, 5.74) is 0. The van der Waals surface area contributed by atoms with Crippen molar-refractivity contribution in [2.24, 2.45) is 0 Å². The minimum atomic E-state index is -1.17. The van der Waals surface area contributed by atoms with Gasteiger partial charge < -0.3 is 9.84 Å². The lowest BCUT2D eigenvalue weighted by atomic mass is 10.4. The van der Waals surface area contributed by atoms with E-state index in [1.165, 1.54) is 0 Å². The molecule has 1 N–H and O–H groups in total. The Morgan fingerprint density at radius 3 is 2.50 bits per heavy atom. The highest BCUT2D eigenvalue weighted by atomic mass is 16.5. The van der Waals surface area contributed by atoms with Crippen LogP contribution in [0.3, 0.4) is 0 Å². The van der Waals surface area contributed by atoms with E-state index < -0.39 is 18.4 Å². The number of esters is 1. The number of ether oxygens (including phenoxy) is 1. The second-order valence-corrected chi connectivity index (χ2v) is 2.39. The Labute approximate surface area is 70.9 Å². The van der Waals surface area contributed by atoms with Gasteiger partial charge in [0.2, 0.25) is 0 Å². The molecule has 0 saturated carbocycles. The Balaban J connectivity index is 3.50. The first-order valence-corrected chi connectivity index (χ1v) is 3.62. The van der Waals surface area contributed by atoms with Crippen molar-refractivity contribution in [1.82, 2.24) is 4.90 Å². The maximum atomic E-state index is 10.6. The van der Waals surface area contributed by atoms with Crippen molar-refractivity contribution in [2.75, 3.05) is 20.3 Å². The second kappa shape index (κ2) is 5.54. The van der Waals surface area contributed by atoms with Gasteiger partial charge in [-0.15, -0.1) is 0 Å². The number of nitrogens with zero attached hydrogens (tertiary/aromatic N) is 1. The highest BCUT2D eigenvalue weighted by Gasteiger charge is 2.08. The monoisotopic (exact) mass is 175 g/mol. The van der Waals surface area contributed by atoms with Crippen molar-refractivity contribution in [2.45, 2.75) is 13.3 Å². The number of carbonyl (C=O) groups excluding carboxylic acids is 1. The zero-order valence-electron chi connectivity index (χ0n) is 7.24. The smallest absolute Gasteiger partial charge is 0.318 e. The SMILES string of the molecule is CCN(C)COC(=O)CC(=O)O. The van der Waals surface area contributed by atoms with E-state index in [0.717, 1.165) is 6.54 Å². The Bertz CT molecular complexity index is 169. The van der Waals surface area contributed by atoms with Crippen molar-refractivity contribution < 1.29 is 19.4 Å². The molecule has 0 aromatic rings. The molecule has 70 valence electrons. The third kappa shape index (κ3) is 5.67. The maximum Gasteiger partial charge on any atom is 0.318 e. The average molecular weight is 175 g/mol. The van der Waals surface area contributed by atoms with Crippen LogP contribution < -0.4 is 0 Å². The number of hydrogen-bond donors (Lipinski definition) is 1. The van der Waals surface area contributed by atoms with E-state index >= 15 is 0 Å². The Morgan fingerprint density at radius 1 is 1.50 bits per heavy atom. The van der Waals surface area contributed by atoms with Crippen LogP contribution in [0, 0.1) is 0 Å². The molecule has 0 aliphatic rings. The molecule has 0 aliphatic carbocycles. The quantitative estimate of drug-likeness (QED) is 0.359. The van der Waals surface area contributed by atoms with Gasteiger partial charge in [0.05, 0.1) is 0 Å². The summed E-state index contributed by atoms with van der Waals surface area (Å²) in [4.78, 5) is 22.4. The first-order valence-electron chi connectivity index (χ1n) is 3.62. The number of carboxylic acid groups (broad SMARTS) is 1. The van der Waals surface area contributed by atoms with E-state index in [0.29, 0.717) is 0 Å². The predicted octanol–water partition coefficient (Wildman–Crippen LogP) is -0.0865. The summed E-state index contributed by atoms with van der Waals surface area (Å²) in [7, 11) is 1.77. The Hall–Kier alpha value is -1.10. The van der Waals surface area contributed by atoms with Gasteiger partial charge in [0.25, 0.3) is 0 Å². The minimum Gasteiger partial charge on any atom is -0.481 e. The molecular formula is C7H13NO4. The van der Waals surface area contributed by atoms with Crippen LogP contribution in [0.1, 0.15) is 13.3 Å². The fraction of sp³-hybridized carbons (Fsp3) is 0.714. The predicted molar refractivity (Wildman–Crippen MR) is 41.5 cm³/mol. The average Bonchev–Trinajstić information content (AvgIpc) is 1.99. The van der Waals surface area contributed by atoms with Crippen LogP contribution in [0.2, 0.25) is 0 Å². The van der Waals surface area contributed by atoms with Gasteiger partial charge >= 0.3 is 11.9 Å². The fourth-order valence-electron chi connectivity index (χ4n) is 0.448. The summed E-state index contributed by atoms with van der Waals surface area (Å²) in [5, 5.41) is 8.19. The van der Waals surface area contributed by atoms with Gasteiger partial charge in [0.1, 0.15) is 13.2 Å². The van der Waals surface area contributed by atoms with Crippen molar-refractivity contribution in [3.05, 3.63) is 0 Å². The molecule has 0 aliphatic heterocycles. The van der Waals surface area contributed by atoms with Gasteiger partial charge in [-0.3, -0.25) is 14.5 Å². The zero-order chi connectivity index (χ0) is 9.56. The fourth-order valence-corrected chi connectivity index (χ4v) is 0.448. The molecule has 5 heteroatoms. The van der Waals surface area contributed by atoms with E-state index in [-0.39, 0.29) is 6.73 Å². The van der Waals surface area contributed by atoms with Crippen molar-refractivity contribution in [3.8, 4) is 0 Å².